The van der Waals surface area contributed by atoms with E-state index >= 15 is 0 Å². The van der Waals surface area contributed by atoms with Gasteiger partial charge in [0.2, 0.25) is 0 Å². The van der Waals surface area contributed by atoms with Crippen LogP contribution in [0.4, 0.5) is 0 Å². The van der Waals surface area contributed by atoms with Gasteiger partial charge in [-0.1, -0.05) is 32.1 Å². The lowest BCUT2D eigenvalue weighted by Gasteiger charge is -2.25. The van der Waals surface area contributed by atoms with Crippen LogP contribution in [0.25, 0.3) is 0 Å². The molecule has 2 aliphatic rings. The van der Waals surface area contributed by atoms with E-state index in [-0.39, 0.29) is 12.1 Å². The molecule has 1 heterocycles. The highest BCUT2D eigenvalue weighted by molar-refractivity contribution is 5.79. The van der Waals surface area contributed by atoms with E-state index in [4.69, 9.17) is 9.47 Å². The fourth-order valence-corrected chi connectivity index (χ4v) is 2.73. The third-order valence-electron chi connectivity index (χ3n) is 3.63. The minimum absolute atomic E-state index is 0.0999. The molecule has 0 saturated heterocycles. The molecule has 1 aliphatic heterocycles. The first-order chi connectivity index (χ1) is 8.31. The van der Waals surface area contributed by atoms with E-state index in [0.29, 0.717) is 12.5 Å². The summed E-state index contributed by atoms with van der Waals surface area (Å²) in [6.07, 6.45) is 8.73. The van der Waals surface area contributed by atoms with Crippen LogP contribution in [0.1, 0.15) is 45.4 Å². The fourth-order valence-electron chi connectivity index (χ4n) is 2.73. The molecule has 17 heavy (non-hydrogen) atoms. The minimum Gasteiger partial charge on any atom is -0.477 e. The summed E-state index contributed by atoms with van der Waals surface area (Å²) in [5, 5.41) is 0. The zero-order valence-corrected chi connectivity index (χ0v) is 10.4. The molecular formula is C13H21NO3. The van der Waals surface area contributed by atoms with Crippen molar-refractivity contribution >= 4 is 12.4 Å². The number of aliphatic imine (C=N–C) groups is 1. The molecule has 2 rings (SSSR count). The summed E-state index contributed by atoms with van der Waals surface area (Å²) in [6.45, 7) is 2.22. The van der Waals surface area contributed by atoms with E-state index in [1.165, 1.54) is 38.5 Å². The van der Waals surface area contributed by atoms with Crippen LogP contribution < -0.4 is 0 Å². The van der Waals surface area contributed by atoms with Crippen molar-refractivity contribution in [2.45, 2.75) is 57.6 Å². The Hall–Kier alpha value is -1.06. The highest BCUT2D eigenvalue weighted by Crippen LogP contribution is 2.30. The monoisotopic (exact) mass is 239 g/mol. The minimum atomic E-state index is -0.433. The van der Waals surface area contributed by atoms with Crippen molar-refractivity contribution in [1.29, 1.82) is 0 Å². The van der Waals surface area contributed by atoms with Crippen LogP contribution in [0.2, 0.25) is 0 Å². The van der Waals surface area contributed by atoms with Crippen LogP contribution >= 0.6 is 0 Å². The molecule has 0 aromatic rings. The molecule has 0 N–H and O–H groups in total. The molecule has 96 valence electrons. The first kappa shape index (κ1) is 12.4. The summed E-state index contributed by atoms with van der Waals surface area (Å²) >= 11 is 0. The molecule has 1 saturated carbocycles. The van der Waals surface area contributed by atoms with Gasteiger partial charge in [0.25, 0.3) is 0 Å². The van der Waals surface area contributed by atoms with Gasteiger partial charge in [-0.25, -0.2) is 9.79 Å². The number of ether oxygens (including phenoxy) is 2. The smallest absolute Gasteiger partial charge is 0.334 e. The van der Waals surface area contributed by atoms with Crippen LogP contribution in [-0.4, -0.2) is 31.1 Å². The summed E-state index contributed by atoms with van der Waals surface area (Å²) in [7, 11) is 0. The largest absolute Gasteiger partial charge is 0.477 e. The highest BCUT2D eigenvalue weighted by atomic mass is 16.5. The fraction of sp³-hybridized carbons (Fsp3) is 0.846. The van der Waals surface area contributed by atoms with Crippen molar-refractivity contribution < 1.29 is 14.3 Å². The molecule has 0 bridgehead atoms. The molecule has 0 aromatic heterocycles. The molecular weight excluding hydrogens is 218 g/mol. The van der Waals surface area contributed by atoms with Crippen LogP contribution in [0.3, 0.4) is 0 Å². The van der Waals surface area contributed by atoms with Crippen LogP contribution in [0.5, 0.6) is 0 Å². The summed E-state index contributed by atoms with van der Waals surface area (Å²) in [5.74, 6) is 0.439. The Morgan fingerprint density at radius 2 is 2.18 bits per heavy atom. The maximum atomic E-state index is 11.7. The first-order valence-electron chi connectivity index (χ1n) is 6.65. The van der Waals surface area contributed by atoms with E-state index in [2.05, 4.69) is 4.99 Å². The van der Waals surface area contributed by atoms with Crippen molar-refractivity contribution in [2.24, 2.45) is 10.9 Å². The van der Waals surface area contributed by atoms with Gasteiger partial charge < -0.3 is 9.47 Å². The number of hydrogen-bond donors (Lipinski definition) is 0. The van der Waals surface area contributed by atoms with Crippen LogP contribution in [-0.2, 0) is 14.3 Å². The Labute approximate surface area is 102 Å². The van der Waals surface area contributed by atoms with Gasteiger partial charge in [-0.2, -0.15) is 0 Å². The third-order valence-corrected chi connectivity index (χ3v) is 3.63. The van der Waals surface area contributed by atoms with Crippen molar-refractivity contribution in [3.63, 3.8) is 0 Å². The van der Waals surface area contributed by atoms with Crippen molar-refractivity contribution in [3.8, 4) is 0 Å². The normalized spacial score (nSPS) is 29.0. The molecule has 4 heteroatoms. The van der Waals surface area contributed by atoms with Crippen LogP contribution in [0.15, 0.2) is 4.99 Å². The molecule has 0 aromatic carbocycles. The zero-order valence-electron chi connectivity index (χ0n) is 10.4. The van der Waals surface area contributed by atoms with Gasteiger partial charge in [0, 0.05) is 0 Å². The third kappa shape index (κ3) is 3.20. The zero-order chi connectivity index (χ0) is 12.1. The predicted octanol–water partition coefficient (Wildman–Crippen LogP) is 2.32. The van der Waals surface area contributed by atoms with E-state index in [1.54, 1.807) is 0 Å². The molecule has 0 amide bonds. The van der Waals surface area contributed by atoms with E-state index < -0.39 is 6.04 Å². The van der Waals surface area contributed by atoms with Crippen molar-refractivity contribution in [3.05, 3.63) is 0 Å². The molecule has 2 atom stereocenters. The van der Waals surface area contributed by atoms with Gasteiger partial charge in [-0.15, -0.1) is 0 Å². The van der Waals surface area contributed by atoms with E-state index in [0.717, 1.165) is 6.42 Å². The molecule has 1 aliphatic carbocycles. The maximum absolute atomic E-state index is 11.7. The number of rotatable bonds is 4. The van der Waals surface area contributed by atoms with Gasteiger partial charge in [-0.3, -0.25) is 0 Å². The Bertz CT molecular complexity index is 284. The number of hydrogen-bond acceptors (Lipinski definition) is 4. The summed E-state index contributed by atoms with van der Waals surface area (Å²) in [4.78, 5) is 15.8. The predicted molar refractivity (Wildman–Crippen MR) is 65.0 cm³/mol. The lowest BCUT2D eigenvalue weighted by molar-refractivity contribution is -0.146. The Balaban J connectivity index is 1.85. The quantitative estimate of drug-likeness (QED) is 0.707. The highest BCUT2D eigenvalue weighted by Gasteiger charge is 2.35. The number of carbonyl (C=O) groups is 1. The van der Waals surface area contributed by atoms with Crippen molar-refractivity contribution in [1.82, 2.24) is 0 Å². The molecule has 1 fully saturated rings. The van der Waals surface area contributed by atoms with Gasteiger partial charge >= 0.3 is 5.97 Å². The number of esters is 1. The molecule has 4 nitrogen and oxygen atoms in total. The SMILES string of the molecule is CCOC(=O)C1N=COC1CC1CCCCC1. The lowest BCUT2D eigenvalue weighted by Crippen LogP contribution is -2.33. The second kappa shape index (κ2) is 6.03. The summed E-state index contributed by atoms with van der Waals surface area (Å²) < 4.78 is 10.5. The van der Waals surface area contributed by atoms with Gasteiger partial charge in [0.1, 0.15) is 6.10 Å². The topological polar surface area (TPSA) is 47.9 Å². The van der Waals surface area contributed by atoms with Gasteiger partial charge in [0.05, 0.1) is 6.61 Å². The Morgan fingerprint density at radius 3 is 2.88 bits per heavy atom. The molecule has 0 spiro atoms. The standard InChI is InChI=1S/C13H21NO3/c1-2-16-13(15)12-11(17-9-14-12)8-10-6-4-3-5-7-10/h9-12H,2-8H2,1H3. The molecule has 0 radical (unpaired) electrons. The Kier molecular flexibility index (Phi) is 4.40. The summed E-state index contributed by atoms with van der Waals surface area (Å²) in [5.41, 5.74) is 0. The number of carbonyl (C=O) groups excluding carboxylic acids is 1. The Morgan fingerprint density at radius 1 is 1.41 bits per heavy atom. The lowest BCUT2D eigenvalue weighted by atomic mass is 9.84. The van der Waals surface area contributed by atoms with E-state index in [1.807, 2.05) is 6.92 Å². The maximum Gasteiger partial charge on any atom is 0.334 e. The second-order valence-corrected chi connectivity index (χ2v) is 4.87. The van der Waals surface area contributed by atoms with Gasteiger partial charge in [-0.05, 0) is 19.3 Å². The molecule has 2 unspecified atom stereocenters. The van der Waals surface area contributed by atoms with Crippen LogP contribution in [0, 0.1) is 5.92 Å². The average molecular weight is 239 g/mol. The van der Waals surface area contributed by atoms with Crippen molar-refractivity contribution in [2.75, 3.05) is 6.61 Å². The van der Waals surface area contributed by atoms with E-state index in [9.17, 15) is 4.79 Å². The number of nitrogens with zero attached hydrogens (tertiary/aromatic N) is 1. The second-order valence-electron chi connectivity index (χ2n) is 4.87. The summed E-state index contributed by atoms with van der Waals surface area (Å²) in [6, 6.07) is -0.433. The van der Waals surface area contributed by atoms with Gasteiger partial charge in [0.15, 0.2) is 12.4 Å². The first-order valence-corrected chi connectivity index (χ1v) is 6.65. The average Bonchev–Trinajstić information content (AvgIpc) is 2.79.